The van der Waals surface area contributed by atoms with Crippen molar-refractivity contribution in [3.63, 3.8) is 0 Å². The molecule has 1 aliphatic heterocycles. The molecule has 0 bridgehead atoms. The maximum Gasteiger partial charge on any atom is 0.270 e. The standard InChI is InChI=1S/C20H22N4O/c1-22-18-8-3-2-6-16(18)14-19(22)20(25)24-12-10-23(11-13-24)15-17-7-4-5-9-21-17/h2-9,14H,10-13,15H2,1H3. The summed E-state index contributed by atoms with van der Waals surface area (Å²) in [6, 6.07) is 16.1. The molecule has 0 atom stereocenters. The molecule has 5 heteroatoms. The first kappa shape index (κ1) is 15.8. The van der Waals surface area contributed by atoms with Gasteiger partial charge in [0, 0.05) is 56.9 Å². The fourth-order valence-electron chi connectivity index (χ4n) is 3.49. The van der Waals surface area contributed by atoms with Crippen molar-refractivity contribution in [2.45, 2.75) is 6.54 Å². The van der Waals surface area contributed by atoms with Crippen LogP contribution in [0.5, 0.6) is 0 Å². The lowest BCUT2D eigenvalue weighted by Crippen LogP contribution is -2.48. The van der Waals surface area contributed by atoms with Crippen molar-refractivity contribution in [2.75, 3.05) is 26.2 Å². The van der Waals surface area contributed by atoms with Crippen molar-refractivity contribution in [1.29, 1.82) is 0 Å². The van der Waals surface area contributed by atoms with Gasteiger partial charge in [0.1, 0.15) is 5.69 Å². The fourth-order valence-corrected chi connectivity index (χ4v) is 3.49. The van der Waals surface area contributed by atoms with E-state index in [-0.39, 0.29) is 5.91 Å². The summed E-state index contributed by atoms with van der Waals surface area (Å²) < 4.78 is 2.00. The van der Waals surface area contributed by atoms with Crippen molar-refractivity contribution < 1.29 is 4.79 Å². The summed E-state index contributed by atoms with van der Waals surface area (Å²) in [5.41, 5.74) is 2.94. The third-order valence-corrected chi connectivity index (χ3v) is 4.94. The molecule has 25 heavy (non-hydrogen) atoms. The van der Waals surface area contributed by atoms with Crippen LogP contribution in [0.3, 0.4) is 0 Å². The van der Waals surface area contributed by atoms with E-state index in [0.29, 0.717) is 0 Å². The number of carbonyl (C=O) groups excluding carboxylic acids is 1. The van der Waals surface area contributed by atoms with E-state index in [0.717, 1.165) is 55.0 Å². The second-order valence-electron chi connectivity index (χ2n) is 6.54. The summed E-state index contributed by atoms with van der Waals surface area (Å²) in [5.74, 6) is 0.121. The molecule has 1 saturated heterocycles. The molecule has 1 aromatic carbocycles. The first-order chi connectivity index (χ1) is 12.2. The number of hydrogen-bond donors (Lipinski definition) is 0. The van der Waals surface area contributed by atoms with Crippen LogP contribution in [0.1, 0.15) is 16.2 Å². The van der Waals surface area contributed by atoms with Gasteiger partial charge in [-0.1, -0.05) is 24.3 Å². The maximum absolute atomic E-state index is 12.9. The van der Waals surface area contributed by atoms with Crippen molar-refractivity contribution in [1.82, 2.24) is 19.4 Å². The predicted octanol–water partition coefficient (Wildman–Crippen LogP) is 2.53. The molecule has 1 amide bonds. The van der Waals surface area contributed by atoms with Gasteiger partial charge in [-0.05, 0) is 24.3 Å². The van der Waals surface area contributed by atoms with Gasteiger partial charge in [0.15, 0.2) is 0 Å². The van der Waals surface area contributed by atoms with Crippen LogP contribution in [0.15, 0.2) is 54.7 Å². The van der Waals surface area contributed by atoms with Crippen LogP contribution < -0.4 is 0 Å². The Bertz CT molecular complexity index is 879. The Hall–Kier alpha value is -2.66. The Morgan fingerprint density at radius 2 is 1.80 bits per heavy atom. The van der Waals surface area contributed by atoms with E-state index in [1.54, 1.807) is 0 Å². The Kier molecular flexibility index (Phi) is 4.24. The van der Waals surface area contributed by atoms with Gasteiger partial charge in [0.05, 0.1) is 5.69 Å². The smallest absolute Gasteiger partial charge is 0.270 e. The van der Waals surface area contributed by atoms with Gasteiger partial charge in [-0.25, -0.2) is 0 Å². The molecular formula is C20H22N4O. The van der Waals surface area contributed by atoms with E-state index < -0.39 is 0 Å². The molecule has 1 fully saturated rings. The highest BCUT2D eigenvalue weighted by molar-refractivity contribution is 5.98. The Balaban J connectivity index is 1.43. The van der Waals surface area contributed by atoms with Gasteiger partial charge in [0.25, 0.3) is 5.91 Å². The topological polar surface area (TPSA) is 41.4 Å². The first-order valence-electron chi connectivity index (χ1n) is 8.68. The Morgan fingerprint density at radius 3 is 2.52 bits per heavy atom. The molecule has 0 unspecified atom stereocenters. The van der Waals surface area contributed by atoms with Gasteiger partial charge in [-0.2, -0.15) is 0 Å². The molecule has 3 aromatic rings. The number of aromatic nitrogens is 2. The molecule has 0 aliphatic carbocycles. The van der Waals surface area contributed by atoms with Crippen molar-refractivity contribution >= 4 is 16.8 Å². The maximum atomic E-state index is 12.9. The SMILES string of the molecule is Cn1c(C(=O)N2CCN(Cc3ccccn3)CC2)cc2ccccc21. The molecule has 0 saturated carbocycles. The molecule has 0 radical (unpaired) electrons. The molecule has 0 spiro atoms. The number of piperazine rings is 1. The van der Waals surface area contributed by atoms with E-state index in [4.69, 9.17) is 0 Å². The summed E-state index contributed by atoms with van der Waals surface area (Å²) in [7, 11) is 1.97. The van der Waals surface area contributed by atoms with E-state index >= 15 is 0 Å². The Morgan fingerprint density at radius 1 is 1.04 bits per heavy atom. The summed E-state index contributed by atoms with van der Waals surface area (Å²) in [6.07, 6.45) is 1.83. The number of nitrogens with zero attached hydrogens (tertiary/aromatic N) is 4. The number of hydrogen-bond acceptors (Lipinski definition) is 3. The van der Waals surface area contributed by atoms with Crippen LogP contribution in [0, 0.1) is 0 Å². The van der Waals surface area contributed by atoms with E-state index in [9.17, 15) is 4.79 Å². The number of pyridine rings is 1. The summed E-state index contributed by atoms with van der Waals surface area (Å²) in [4.78, 5) is 21.6. The lowest BCUT2D eigenvalue weighted by atomic mass is 10.2. The highest BCUT2D eigenvalue weighted by atomic mass is 16.2. The lowest BCUT2D eigenvalue weighted by molar-refractivity contribution is 0.0618. The van der Waals surface area contributed by atoms with Gasteiger partial charge in [0.2, 0.25) is 0 Å². The second-order valence-corrected chi connectivity index (χ2v) is 6.54. The summed E-state index contributed by atoms with van der Waals surface area (Å²) in [5, 5.41) is 1.11. The number of amides is 1. The van der Waals surface area contributed by atoms with E-state index in [1.807, 2.05) is 59.1 Å². The molecule has 128 valence electrons. The normalized spacial score (nSPS) is 15.6. The largest absolute Gasteiger partial charge is 0.340 e. The molecule has 4 rings (SSSR count). The summed E-state index contributed by atoms with van der Waals surface area (Å²) in [6.45, 7) is 4.12. The number of para-hydroxylation sites is 1. The average molecular weight is 334 g/mol. The third kappa shape index (κ3) is 3.15. The van der Waals surface area contributed by atoms with Crippen LogP contribution in [0.4, 0.5) is 0 Å². The number of carbonyl (C=O) groups is 1. The number of fused-ring (bicyclic) bond motifs is 1. The van der Waals surface area contributed by atoms with Crippen LogP contribution in [-0.2, 0) is 13.6 Å². The quantitative estimate of drug-likeness (QED) is 0.739. The highest BCUT2D eigenvalue weighted by Crippen LogP contribution is 2.20. The highest BCUT2D eigenvalue weighted by Gasteiger charge is 2.24. The minimum absolute atomic E-state index is 0.121. The molecule has 0 N–H and O–H groups in total. The lowest BCUT2D eigenvalue weighted by Gasteiger charge is -2.34. The van der Waals surface area contributed by atoms with Gasteiger partial charge in [-0.15, -0.1) is 0 Å². The number of benzene rings is 1. The molecule has 2 aromatic heterocycles. The van der Waals surface area contributed by atoms with Crippen molar-refractivity contribution in [3.05, 3.63) is 66.1 Å². The fraction of sp³-hybridized carbons (Fsp3) is 0.300. The minimum atomic E-state index is 0.121. The molecule has 5 nitrogen and oxygen atoms in total. The number of rotatable bonds is 3. The van der Waals surface area contributed by atoms with E-state index in [1.165, 1.54) is 0 Å². The monoisotopic (exact) mass is 334 g/mol. The van der Waals surface area contributed by atoms with Crippen LogP contribution in [0.2, 0.25) is 0 Å². The van der Waals surface area contributed by atoms with Gasteiger partial charge < -0.3 is 9.47 Å². The van der Waals surface area contributed by atoms with Gasteiger partial charge >= 0.3 is 0 Å². The second kappa shape index (κ2) is 6.69. The third-order valence-electron chi connectivity index (χ3n) is 4.94. The minimum Gasteiger partial charge on any atom is -0.340 e. The van der Waals surface area contributed by atoms with Crippen LogP contribution >= 0.6 is 0 Å². The van der Waals surface area contributed by atoms with Crippen molar-refractivity contribution in [3.8, 4) is 0 Å². The Labute approximate surface area is 147 Å². The molecule has 1 aliphatic rings. The first-order valence-corrected chi connectivity index (χ1v) is 8.68. The average Bonchev–Trinajstić information content (AvgIpc) is 3.00. The summed E-state index contributed by atoms with van der Waals surface area (Å²) >= 11 is 0. The zero-order chi connectivity index (χ0) is 17.2. The zero-order valence-corrected chi connectivity index (χ0v) is 14.4. The number of aryl methyl sites for hydroxylation is 1. The van der Waals surface area contributed by atoms with Crippen molar-refractivity contribution in [2.24, 2.45) is 7.05 Å². The van der Waals surface area contributed by atoms with Gasteiger partial charge in [-0.3, -0.25) is 14.7 Å². The zero-order valence-electron chi connectivity index (χ0n) is 14.4. The molecule has 3 heterocycles. The van der Waals surface area contributed by atoms with Crippen LogP contribution in [0.25, 0.3) is 10.9 Å². The predicted molar refractivity (Wildman–Crippen MR) is 98.3 cm³/mol. The molecular weight excluding hydrogens is 312 g/mol. The van der Waals surface area contributed by atoms with Crippen LogP contribution in [-0.4, -0.2) is 51.4 Å². The van der Waals surface area contributed by atoms with E-state index in [2.05, 4.69) is 22.0 Å².